The van der Waals surface area contributed by atoms with Crippen LogP contribution in [-0.4, -0.2) is 14.9 Å². The number of aryl methyl sites for hydroxylation is 1. The number of benzene rings is 1. The van der Waals surface area contributed by atoms with Crippen LogP contribution >= 0.6 is 11.6 Å². The third-order valence-electron chi connectivity index (χ3n) is 2.59. The lowest BCUT2D eigenvalue weighted by molar-refractivity contribution is -0.385. The van der Waals surface area contributed by atoms with Gasteiger partial charge < -0.3 is 5.32 Å². The number of hydrogen-bond donors (Lipinski definition) is 1. The molecule has 2 aromatic rings. The van der Waals surface area contributed by atoms with Gasteiger partial charge in [0.1, 0.15) is 11.5 Å². The summed E-state index contributed by atoms with van der Waals surface area (Å²) in [6, 6.07) is 5.76. The first-order valence-corrected chi connectivity index (χ1v) is 6.02. The summed E-state index contributed by atoms with van der Waals surface area (Å²) in [7, 11) is 0. The average Bonchev–Trinajstić information content (AvgIpc) is 2.36. The fraction of sp³-hybridized carbons (Fsp3) is 0.167. The number of rotatable bonds is 4. The predicted molar refractivity (Wildman–Crippen MR) is 72.2 cm³/mol. The second-order valence-electron chi connectivity index (χ2n) is 4.01. The summed E-state index contributed by atoms with van der Waals surface area (Å²) in [5, 5.41) is 13.7. The molecule has 0 aliphatic carbocycles. The molecule has 0 bridgehead atoms. The topological polar surface area (TPSA) is 81.0 Å². The van der Waals surface area contributed by atoms with Crippen LogP contribution in [-0.2, 0) is 6.54 Å². The molecule has 0 unspecified atom stereocenters. The SMILES string of the molecule is Cc1nc(Cl)nc(NCc2ccc(F)cc2)c1[N+](=O)[O-]. The Hall–Kier alpha value is -2.28. The van der Waals surface area contributed by atoms with Gasteiger partial charge in [-0.05, 0) is 36.2 Å². The van der Waals surface area contributed by atoms with Crippen LogP contribution in [0.5, 0.6) is 0 Å². The lowest BCUT2D eigenvalue weighted by atomic mass is 10.2. The zero-order valence-electron chi connectivity index (χ0n) is 10.4. The van der Waals surface area contributed by atoms with E-state index in [1.54, 1.807) is 12.1 Å². The van der Waals surface area contributed by atoms with E-state index in [0.717, 1.165) is 5.56 Å². The highest BCUT2D eigenvalue weighted by Crippen LogP contribution is 2.26. The van der Waals surface area contributed by atoms with Crippen molar-refractivity contribution in [1.29, 1.82) is 0 Å². The molecule has 0 atom stereocenters. The minimum atomic E-state index is -0.571. The van der Waals surface area contributed by atoms with Crippen LogP contribution in [0.15, 0.2) is 24.3 Å². The maximum atomic E-state index is 12.8. The number of nitro groups is 1. The Morgan fingerprint density at radius 1 is 1.35 bits per heavy atom. The van der Waals surface area contributed by atoms with Crippen molar-refractivity contribution >= 4 is 23.1 Å². The molecule has 0 fully saturated rings. The van der Waals surface area contributed by atoms with Gasteiger partial charge in [0.05, 0.1) is 4.92 Å². The van der Waals surface area contributed by atoms with Crippen LogP contribution in [0, 0.1) is 22.9 Å². The standard InChI is InChI=1S/C12H10ClFN4O2/c1-7-10(18(19)20)11(17-12(13)16-7)15-6-8-2-4-9(14)5-3-8/h2-5H,6H2,1H3,(H,15,16,17). The van der Waals surface area contributed by atoms with Crippen LogP contribution in [0.4, 0.5) is 15.9 Å². The van der Waals surface area contributed by atoms with Crippen LogP contribution < -0.4 is 5.32 Å². The van der Waals surface area contributed by atoms with E-state index in [1.807, 2.05) is 0 Å². The average molecular weight is 297 g/mol. The van der Waals surface area contributed by atoms with E-state index in [0.29, 0.717) is 0 Å². The molecule has 0 radical (unpaired) electrons. The van der Waals surface area contributed by atoms with Gasteiger partial charge in [0.2, 0.25) is 11.1 Å². The minimum Gasteiger partial charge on any atom is -0.360 e. The normalized spacial score (nSPS) is 10.3. The number of nitrogens with one attached hydrogen (secondary N) is 1. The van der Waals surface area contributed by atoms with Crippen LogP contribution in [0.25, 0.3) is 0 Å². The van der Waals surface area contributed by atoms with E-state index < -0.39 is 4.92 Å². The fourth-order valence-corrected chi connectivity index (χ4v) is 1.87. The van der Waals surface area contributed by atoms with Gasteiger partial charge in [-0.3, -0.25) is 10.1 Å². The smallest absolute Gasteiger partial charge is 0.332 e. The Labute approximate surface area is 118 Å². The van der Waals surface area contributed by atoms with Crippen LogP contribution in [0.2, 0.25) is 5.28 Å². The van der Waals surface area contributed by atoms with Crippen molar-refractivity contribution in [2.45, 2.75) is 13.5 Å². The van der Waals surface area contributed by atoms with Crippen molar-refractivity contribution in [2.75, 3.05) is 5.32 Å². The van der Waals surface area contributed by atoms with Crippen LogP contribution in [0.3, 0.4) is 0 Å². The van der Waals surface area contributed by atoms with Crippen molar-refractivity contribution in [3.05, 3.63) is 56.7 Å². The number of halogens is 2. The van der Waals surface area contributed by atoms with Gasteiger partial charge in [0, 0.05) is 6.54 Å². The first-order valence-electron chi connectivity index (χ1n) is 5.64. The molecule has 0 aliphatic rings. The van der Waals surface area contributed by atoms with Crippen LogP contribution in [0.1, 0.15) is 11.3 Å². The van der Waals surface area contributed by atoms with E-state index in [9.17, 15) is 14.5 Å². The summed E-state index contributed by atoms with van der Waals surface area (Å²) in [5.74, 6) is -0.308. The van der Waals surface area contributed by atoms with E-state index in [1.165, 1.54) is 19.1 Å². The summed E-state index contributed by atoms with van der Waals surface area (Å²) in [6.45, 7) is 1.74. The second-order valence-corrected chi connectivity index (χ2v) is 4.35. The fourth-order valence-electron chi connectivity index (χ4n) is 1.66. The molecule has 1 N–H and O–H groups in total. The van der Waals surface area contributed by atoms with E-state index >= 15 is 0 Å². The van der Waals surface area contributed by atoms with E-state index in [4.69, 9.17) is 11.6 Å². The third-order valence-corrected chi connectivity index (χ3v) is 2.76. The molecule has 0 aliphatic heterocycles. The molecule has 6 nitrogen and oxygen atoms in total. The maximum absolute atomic E-state index is 12.8. The van der Waals surface area contributed by atoms with Crippen molar-refractivity contribution in [1.82, 2.24) is 9.97 Å². The molecule has 1 aromatic carbocycles. The number of anilines is 1. The molecule has 0 spiro atoms. The Morgan fingerprint density at radius 3 is 2.60 bits per heavy atom. The first-order chi connectivity index (χ1) is 9.47. The predicted octanol–water partition coefficient (Wildman–Crippen LogP) is 3.10. The third kappa shape index (κ3) is 3.18. The van der Waals surface area contributed by atoms with Crippen molar-refractivity contribution in [3.8, 4) is 0 Å². The van der Waals surface area contributed by atoms with Crippen molar-refractivity contribution in [2.24, 2.45) is 0 Å². The van der Waals surface area contributed by atoms with Crippen molar-refractivity contribution in [3.63, 3.8) is 0 Å². The molecule has 20 heavy (non-hydrogen) atoms. The summed E-state index contributed by atoms with van der Waals surface area (Å²) in [4.78, 5) is 18.0. The zero-order valence-corrected chi connectivity index (χ0v) is 11.2. The second kappa shape index (κ2) is 5.79. The zero-order chi connectivity index (χ0) is 14.7. The molecule has 0 amide bonds. The lowest BCUT2D eigenvalue weighted by Gasteiger charge is -2.08. The minimum absolute atomic E-state index is 0.0387. The number of nitrogens with zero attached hydrogens (tertiary/aromatic N) is 3. The summed E-state index contributed by atoms with van der Waals surface area (Å²) in [6.07, 6.45) is 0. The van der Waals surface area contributed by atoms with Gasteiger partial charge in [-0.15, -0.1) is 0 Å². The number of aromatic nitrogens is 2. The summed E-state index contributed by atoms with van der Waals surface area (Å²) < 4.78 is 12.8. The lowest BCUT2D eigenvalue weighted by Crippen LogP contribution is -2.07. The largest absolute Gasteiger partial charge is 0.360 e. The summed E-state index contributed by atoms with van der Waals surface area (Å²) >= 11 is 5.69. The van der Waals surface area contributed by atoms with Gasteiger partial charge >= 0.3 is 5.69 Å². The molecule has 1 heterocycles. The molecular formula is C12H10ClFN4O2. The molecule has 0 saturated heterocycles. The maximum Gasteiger partial charge on any atom is 0.332 e. The monoisotopic (exact) mass is 296 g/mol. The Morgan fingerprint density at radius 2 is 2.00 bits per heavy atom. The molecule has 2 rings (SSSR count). The van der Waals surface area contributed by atoms with Gasteiger partial charge in [0.15, 0.2) is 0 Å². The first kappa shape index (κ1) is 14.1. The van der Waals surface area contributed by atoms with Gasteiger partial charge in [-0.25, -0.2) is 9.37 Å². The van der Waals surface area contributed by atoms with E-state index in [2.05, 4.69) is 15.3 Å². The Bertz CT molecular complexity index is 649. The number of hydrogen-bond acceptors (Lipinski definition) is 5. The van der Waals surface area contributed by atoms with Crippen molar-refractivity contribution < 1.29 is 9.31 Å². The summed E-state index contributed by atoms with van der Waals surface area (Å²) in [5.41, 5.74) is 0.709. The molecule has 0 saturated carbocycles. The Kier molecular flexibility index (Phi) is 4.09. The highest BCUT2D eigenvalue weighted by Gasteiger charge is 2.21. The highest BCUT2D eigenvalue weighted by molar-refractivity contribution is 6.28. The van der Waals surface area contributed by atoms with Gasteiger partial charge in [-0.1, -0.05) is 12.1 Å². The highest BCUT2D eigenvalue weighted by atomic mass is 35.5. The molecule has 1 aromatic heterocycles. The van der Waals surface area contributed by atoms with Gasteiger partial charge in [0.25, 0.3) is 0 Å². The quantitative estimate of drug-likeness (QED) is 0.532. The molecule has 104 valence electrons. The van der Waals surface area contributed by atoms with E-state index in [-0.39, 0.29) is 34.8 Å². The Balaban J connectivity index is 2.24. The van der Waals surface area contributed by atoms with Gasteiger partial charge in [-0.2, -0.15) is 4.98 Å². The molecule has 8 heteroatoms. The molecular weight excluding hydrogens is 287 g/mol.